The van der Waals surface area contributed by atoms with E-state index in [1.54, 1.807) is 0 Å². The average Bonchev–Trinajstić information content (AvgIpc) is 2.00. The van der Waals surface area contributed by atoms with Crippen molar-refractivity contribution in [1.82, 2.24) is 0 Å². The van der Waals surface area contributed by atoms with Gasteiger partial charge in [-0.3, -0.25) is 0 Å². The van der Waals surface area contributed by atoms with Crippen molar-refractivity contribution < 1.29 is 0 Å². The van der Waals surface area contributed by atoms with Crippen molar-refractivity contribution in [2.45, 2.75) is 47.5 Å². The summed E-state index contributed by atoms with van der Waals surface area (Å²) in [4.78, 5) is 0. The quantitative estimate of drug-likeness (QED) is 0.567. The van der Waals surface area contributed by atoms with E-state index in [-0.39, 0.29) is 0 Å². The van der Waals surface area contributed by atoms with Gasteiger partial charge in [-0.25, -0.2) is 0 Å². The topological polar surface area (TPSA) is 0 Å². The minimum absolute atomic E-state index is 0.462. The molecule has 0 heterocycles. The molecule has 0 amide bonds. The molecule has 1 unspecified atom stereocenters. The van der Waals surface area contributed by atoms with Gasteiger partial charge in [0.25, 0.3) is 0 Å². The molecule has 1 atom stereocenters. The Morgan fingerprint density at radius 1 is 1.25 bits per heavy atom. The van der Waals surface area contributed by atoms with Gasteiger partial charge in [0.05, 0.1) is 0 Å². The number of halogens is 1. The van der Waals surface area contributed by atoms with Gasteiger partial charge in [0, 0.05) is 5.88 Å². The zero-order chi connectivity index (χ0) is 9.78. The Labute approximate surface area is 82.7 Å². The maximum Gasteiger partial charge on any atom is 0.0254 e. The van der Waals surface area contributed by atoms with E-state index in [0.29, 0.717) is 17.3 Å². The van der Waals surface area contributed by atoms with Crippen molar-refractivity contribution in [3.63, 3.8) is 0 Å². The van der Waals surface area contributed by atoms with Gasteiger partial charge in [0.2, 0.25) is 0 Å². The first-order valence-electron chi connectivity index (χ1n) is 4.99. The first kappa shape index (κ1) is 12.3. The van der Waals surface area contributed by atoms with Crippen LogP contribution in [0.25, 0.3) is 0 Å². The predicted molar refractivity (Wildman–Crippen MR) is 57.7 cm³/mol. The summed E-state index contributed by atoms with van der Waals surface area (Å²) in [6.45, 7) is 11.4. The van der Waals surface area contributed by atoms with Crippen molar-refractivity contribution in [2.75, 3.05) is 5.88 Å². The first-order chi connectivity index (χ1) is 5.43. The summed E-state index contributed by atoms with van der Waals surface area (Å²) in [5.74, 6) is 2.20. The summed E-state index contributed by atoms with van der Waals surface area (Å²) in [5, 5.41) is 0. The molecule has 0 rings (SSSR count). The monoisotopic (exact) mass is 190 g/mol. The van der Waals surface area contributed by atoms with Crippen LogP contribution in [-0.2, 0) is 0 Å². The first-order valence-corrected chi connectivity index (χ1v) is 5.52. The van der Waals surface area contributed by atoms with Gasteiger partial charge < -0.3 is 0 Å². The Morgan fingerprint density at radius 2 is 1.75 bits per heavy atom. The van der Waals surface area contributed by atoms with Gasteiger partial charge in [-0.15, -0.1) is 11.6 Å². The molecule has 0 radical (unpaired) electrons. The lowest BCUT2D eigenvalue weighted by molar-refractivity contribution is 0.233. The van der Waals surface area contributed by atoms with Gasteiger partial charge in [0.15, 0.2) is 0 Å². The lowest BCUT2D eigenvalue weighted by Crippen LogP contribution is -2.21. The van der Waals surface area contributed by atoms with Crippen LogP contribution in [0.1, 0.15) is 47.5 Å². The Balaban J connectivity index is 4.01. The van der Waals surface area contributed by atoms with Crippen molar-refractivity contribution in [2.24, 2.45) is 17.3 Å². The van der Waals surface area contributed by atoms with Crippen molar-refractivity contribution in [3.05, 3.63) is 0 Å². The predicted octanol–water partition coefficient (Wildman–Crippen LogP) is 4.32. The fourth-order valence-electron chi connectivity index (χ4n) is 1.32. The summed E-state index contributed by atoms with van der Waals surface area (Å²) >= 11 is 5.93. The van der Waals surface area contributed by atoms with Crippen LogP contribution in [0.2, 0.25) is 0 Å². The van der Waals surface area contributed by atoms with Crippen molar-refractivity contribution >= 4 is 11.6 Å². The third-order valence-corrected chi connectivity index (χ3v) is 3.31. The third kappa shape index (κ3) is 4.35. The highest BCUT2D eigenvalue weighted by atomic mass is 35.5. The van der Waals surface area contributed by atoms with E-state index in [4.69, 9.17) is 11.6 Å². The Hall–Kier alpha value is 0.290. The highest BCUT2D eigenvalue weighted by Crippen LogP contribution is 2.32. The Morgan fingerprint density at radius 3 is 2.00 bits per heavy atom. The summed E-state index contributed by atoms with van der Waals surface area (Å²) in [5.41, 5.74) is 0.462. The molecule has 0 saturated carbocycles. The van der Waals surface area contributed by atoms with Gasteiger partial charge in [-0.1, -0.05) is 41.0 Å². The van der Waals surface area contributed by atoms with Gasteiger partial charge in [0.1, 0.15) is 0 Å². The molecular formula is C11H23Cl. The minimum atomic E-state index is 0.462. The Kier molecular flexibility index (Phi) is 5.24. The maximum absolute atomic E-state index is 5.93. The van der Waals surface area contributed by atoms with E-state index in [2.05, 4.69) is 34.6 Å². The number of hydrogen-bond acceptors (Lipinski definition) is 0. The second kappa shape index (κ2) is 5.11. The van der Waals surface area contributed by atoms with Crippen molar-refractivity contribution in [3.8, 4) is 0 Å². The van der Waals surface area contributed by atoms with Gasteiger partial charge in [-0.05, 0) is 23.7 Å². The third-order valence-electron chi connectivity index (χ3n) is 2.91. The molecule has 0 fully saturated rings. The summed E-state index contributed by atoms with van der Waals surface area (Å²) in [6.07, 6.45) is 2.50. The van der Waals surface area contributed by atoms with Crippen LogP contribution in [-0.4, -0.2) is 5.88 Å². The molecule has 0 aliphatic carbocycles. The molecule has 74 valence electrons. The average molecular weight is 191 g/mol. The van der Waals surface area contributed by atoms with Crippen molar-refractivity contribution in [1.29, 1.82) is 0 Å². The fourth-order valence-corrected chi connectivity index (χ4v) is 1.79. The highest BCUT2D eigenvalue weighted by Gasteiger charge is 2.22. The summed E-state index contributed by atoms with van der Waals surface area (Å²) in [7, 11) is 0. The molecule has 0 aromatic rings. The van der Waals surface area contributed by atoms with E-state index < -0.39 is 0 Å². The number of rotatable bonds is 5. The molecule has 12 heavy (non-hydrogen) atoms. The molecule has 0 saturated heterocycles. The fraction of sp³-hybridized carbons (Fsp3) is 1.00. The maximum atomic E-state index is 5.93. The van der Waals surface area contributed by atoms with Crippen LogP contribution in [0, 0.1) is 17.3 Å². The zero-order valence-corrected chi connectivity index (χ0v) is 9.91. The summed E-state index contributed by atoms with van der Waals surface area (Å²) in [6, 6.07) is 0. The molecule has 0 N–H and O–H groups in total. The summed E-state index contributed by atoms with van der Waals surface area (Å²) < 4.78 is 0. The Bertz CT molecular complexity index is 116. The SMILES string of the molecule is CCC(C)(C)CC(CCl)C(C)C. The molecular weight excluding hydrogens is 168 g/mol. The smallest absolute Gasteiger partial charge is 0.0254 e. The van der Waals surface area contributed by atoms with Crippen LogP contribution in [0.4, 0.5) is 0 Å². The van der Waals surface area contributed by atoms with Crippen LogP contribution >= 0.6 is 11.6 Å². The molecule has 0 aliphatic heterocycles. The van der Waals surface area contributed by atoms with Gasteiger partial charge >= 0.3 is 0 Å². The minimum Gasteiger partial charge on any atom is -0.126 e. The number of alkyl halides is 1. The van der Waals surface area contributed by atoms with E-state index in [0.717, 1.165) is 5.88 Å². The standard InChI is InChI=1S/C11H23Cl/c1-6-11(4,5)7-10(8-12)9(2)3/h9-10H,6-8H2,1-5H3. The molecule has 0 aliphatic rings. The lowest BCUT2D eigenvalue weighted by atomic mass is 9.78. The molecule has 1 heteroatoms. The lowest BCUT2D eigenvalue weighted by Gasteiger charge is -2.29. The molecule has 0 bridgehead atoms. The molecule has 0 aromatic heterocycles. The van der Waals surface area contributed by atoms with Crippen LogP contribution < -0.4 is 0 Å². The van der Waals surface area contributed by atoms with E-state index in [9.17, 15) is 0 Å². The normalized spacial score (nSPS) is 15.2. The number of hydrogen-bond donors (Lipinski definition) is 0. The highest BCUT2D eigenvalue weighted by molar-refractivity contribution is 6.18. The van der Waals surface area contributed by atoms with E-state index in [1.165, 1.54) is 12.8 Å². The van der Waals surface area contributed by atoms with E-state index in [1.807, 2.05) is 0 Å². The molecule has 0 spiro atoms. The van der Waals surface area contributed by atoms with E-state index >= 15 is 0 Å². The molecule has 0 aromatic carbocycles. The van der Waals surface area contributed by atoms with Crippen LogP contribution in [0.5, 0.6) is 0 Å². The van der Waals surface area contributed by atoms with Crippen LogP contribution in [0.3, 0.4) is 0 Å². The second-order valence-electron chi connectivity index (χ2n) is 4.88. The molecule has 0 nitrogen and oxygen atoms in total. The second-order valence-corrected chi connectivity index (χ2v) is 5.19. The van der Waals surface area contributed by atoms with Gasteiger partial charge in [-0.2, -0.15) is 0 Å². The zero-order valence-electron chi connectivity index (χ0n) is 9.15. The largest absolute Gasteiger partial charge is 0.126 e. The van der Waals surface area contributed by atoms with Crippen LogP contribution in [0.15, 0.2) is 0 Å².